The summed E-state index contributed by atoms with van der Waals surface area (Å²) in [7, 11) is 0. The van der Waals surface area contributed by atoms with Crippen LogP contribution in [0.5, 0.6) is 0 Å². The lowest BCUT2D eigenvalue weighted by Crippen LogP contribution is -2.53. The van der Waals surface area contributed by atoms with Crippen molar-refractivity contribution in [1.82, 2.24) is 10.2 Å². The Morgan fingerprint density at radius 2 is 1.88 bits per heavy atom. The molecule has 26 heavy (non-hydrogen) atoms. The van der Waals surface area contributed by atoms with Gasteiger partial charge in [0, 0.05) is 19.1 Å². The van der Waals surface area contributed by atoms with Crippen LogP contribution >= 0.6 is 12.6 Å². The summed E-state index contributed by atoms with van der Waals surface area (Å²) in [4.78, 5) is 59.0. The van der Waals surface area contributed by atoms with Crippen molar-refractivity contribution in [2.45, 2.75) is 45.2 Å². The van der Waals surface area contributed by atoms with Crippen molar-refractivity contribution in [2.75, 3.05) is 18.9 Å². The predicted octanol–water partition coefficient (Wildman–Crippen LogP) is -1.08. The SMILES string of the molecule is CCCOC(=O)C(N)CCC(=O)N(C(C)=O)C(CS)C(=O)NCC(=O)O. The Kier molecular flexibility index (Phi) is 11.2. The van der Waals surface area contributed by atoms with Crippen LogP contribution in [-0.4, -0.2) is 70.7 Å². The number of carboxylic acids is 1. The Morgan fingerprint density at radius 1 is 1.27 bits per heavy atom. The maximum absolute atomic E-state index is 12.3. The van der Waals surface area contributed by atoms with Gasteiger partial charge in [-0.25, -0.2) is 0 Å². The number of ether oxygens (including phenoxy) is 1. The molecule has 0 aromatic rings. The normalized spacial score (nSPS) is 12.6. The maximum atomic E-state index is 12.3. The molecule has 2 unspecified atom stereocenters. The second-order valence-corrected chi connectivity index (χ2v) is 5.77. The van der Waals surface area contributed by atoms with Crippen LogP contribution in [0.25, 0.3) is 0 Å². The molecule has 148 valence electrons. The summed E-state index contributed by atoms with van der Waals surface area (Å²) in [6.45, 7) is 2.47. The molecule has 0 aliphatic heterocycles. The Labute approximate surface area is 156 Å². The third kappa shape index (κ3) is 8.30. The molecule has 10 nitrogen and oxygen atoms in total. The van der Waals surface area contributed by atoms with Gasteiger partial charge in [0.15, 0.2) is 0 Å². The second kappa shape index (κ2) is 12.3. The fourth-order valence-electron chi connectivity index (χ4n) is 1.96. The first kappa shape index (κ1) is 23.9. The third-order valence-electron chi connectivity index (χ3n) is 3.23. The van der Waals surface area contributed by atoms with Crippen LogP contribution in [0.3, 0.4) is 0 Å². The van der Waals surface area contributed by atoms with Gasteiger partial charge in [0.1, 0.15) is 18.6 Å². The minimum Gasteiger partial charge on any atom is -0.480 e. The molecule has 0 saturated heterocycles. The van der Waals surface area contributed by atoms with E-state index >= 15 is 0 Å². The van der Waals surface area contributed by atoms with E-state index in [4.69, 9.17) is 15.6 Å². The number of imide groups is 1. The molecule has 0 fully saturated rings. The summed E-state index contributed by atoms with van der Waals surface area (Å²) in [5.74, 6) is -4.37. The average molecular weight is 391 g/mol. The summed E-state index contributed by atoms with van der Waals surface area (Å²) in [6, 6.07) is -2.31. The van der Waals surface area contributed by atoms with Crippen molar-refractivity contribution in [2.24, 2.45) is 5.73 Å². The van der Waals surface area contributed by atoms with Gasteiger partial charge in [0.05, 0.1) is 6.61 Å². The number of nitrogens with one attached hydrogen (secondary N) is 1. The maximum Gasteiger partial charge on any atom is 0.322 e. The number of nitrogens with two attached hydrogens (primary N) is 1. The van der Waals surface area contributed by atoms with Crippen molar-refractivity contribution < 1.29 is 33.8 Å². The summed E-state index contributed by atoms with van der Waals surface area (Å²) in [5.41, 5.74) is 5.64. The van der Waals surface area contributed by atoms with Crippen molar-refractivity contribution in [3.63, 3.8) is 0 Å². The van der Waals surface area contributed by atoms with E-state index in [1.54, 1.807) is 0 Å². The van der Waals surface area contributed by atoms with Gasteiger partial charge in [0.2, 0.25) is 17.7 Å². The number of nitrogens with zero attached hydrogens (tertiary/aromatic N) is 1. The molecule has 0 radical (unpaired) electrons. The van der Waals surface area contributed by atoms with E-state index in [1.807, 2.05) is 6.92 Å². The minimum atomic E-state index is -1.27. The van der Waals surface area contributed by atoms with Crippen LogP contribution in [0.2, 0.25) is 0 Å². The topological polar surface area (TPSA) is 156 Å². The first-order valence-electron chi connectivity index (χ1n) is 8.00. The van der Waals surface area contributed by atoms with E-state index in [1.165, 1.54) is 0 Å². The number of hydrogen-bond acceptors (Lipinski definition) is 8. The third-order valence-corrected chi connectivity index (χ3v) is 3.58. The first-order valence-corrected chi connectivity index (χ1v) is 8.64. The number of thiol groups is 1. The van der Waals surface area contributed by atoms with Gasteiger partial charge in [0.25, 0.3) is 0 Å². The number of amides is 3. The summed E-state index contributed by atoms with van der Waals surface area (Å²) in [5, 5.41) is 10.7. The molecule has 0 aromatic carbocycles. The van der Waals surface area contributed by atoms with Crippen molar-refractivity contribution in [3.8, 4) is 0 Å². The molecular formula is C15H25N3O7S. The second-order valence-electron chi connectivity index (χ2n) is 5.41. The van der Waals surface area contributed by atoms with Crippen LogP contribution in [0.15, 0.2) is 0 Å². The zero-order chi connectivity index (χ0) is 20.3. The van der Waals surface area contributed by atoms with Crippen molar-refractivity contribution >= 4 is 42.3 Å². The molecule has 2 atom stereocenters. The number of rotatable bonds is 11. The molecule has 3 amide bonds. The number of aliphatic carboxylic acids is 1. The minimum absolute atomic E-state index is 0.0683. The number of carboxylic acid groups (broad SMARTS) is 1. The largest absolute Gasteiger partial charge is 0.480 e. The van der Waals surface area contributed by atoms with Gasteiger partial charge in [-0.05, 0) is 12.8 Å². The van der Waals surface area contributed by atoms with Crippen LogP contribution in [0.1, 0.15) is 33.1 Å². The van der Waals surface area contributed by atoms with Gasteiger partial charge in [-0.1, -0.05) is 6.92 Å². The predicted molar refractivity (Wildman–Crippen MR) is 94.3 cm³/mol. The highest BCUT2D eigenvalue weighted by Gasteiger charge is 2.32. The van der Waals surface area contributed by atoms with Crippen molar-refractivity contribution in [1.29, 1.82) is 0 Å². The molecule has 11 heteroatoms. The monoisotopic (exact) mass is 391 g/mol. The van der Waals surface area contributed by atoms with Crippen LogP contribution in [-0.2, 0) is 28.7 Å². The van der Waals surface area contributed by atoms with E-state index < -0.39 is 48.3 Å². The van der Waals surface area contributed by atoms with E-state index in [0.717, 1.165) is 6.92 Å². The highest BCUT2D eigenvalue weighted by molar-refractivity contribution is 7.80. The summed E-state index contributed by atoms with van der Waals surface area (Å²) in [6.07, 6.45) is 0.296. The smallest absolute Gasteiger partial charge is 0.322 e. The summed E-state index contributed by atoms with van der Waals surface area (Å²) < 4.78 is 4.87. The zero-order valence-corrected chi connectivity index (χ0v) is 15.7. The van der Waals surface area contributed by atoms with E-state index in [-0.39, 0.29) is 25.2 Å². The fourth-order valence-corrected chi connectivity index (χ4v) is 2.29. The molecule has 0 saturated carbocycles. The van der Waals surface area contributed by atoms with Crippen LogP contribution < -0.4 is 11.1 Å². The standard InChI is InChI=1S/C15H25N3O7S/c1-3-6-25-15(24)10(16)4-5-12(20)18(9(2)19)11(8-26)14(23)17-7-13(21)22/h10-11,26H,3-8,16H2,1-2H3,(H,17,23)(H,21,22). The van der Waals surface area contributed by atoms with Gasteiger partial charge < -0.3 is 20.9 Å². The Balaban J connectivity index is 4.92. The first-order chi connectivity index (χ1) is 12.1. The number of hydrogen-bond donors (Lipinski definition) is 4. The molecule has 0 aromatic heterocycles. The molecule has 0 rings (SSSR count). The highest BCUT2D eigenvalue weighted by atomic mass is 32.1. The summed E-state index contributed by atoms with van der Waals surface area (Å²) >= 11 is 3.95. The Bertz CT molecular complexity index is 541. The van der Waals surface area contributed by atoms with E-state index in [0.29, 0.717) is 11.3 Å². The molecule has 0 bridgehead atoms. The number of esters is 1. The molecule has 0 spiro atoms. The van der Waals surface area contributed by atoms with E-state index in [9.17, 15) is 24.0 Å². The molecular weight excluding hydrogens is 366 g/mol. The number of carbonyl (C=O) groups is 5. The highest BCUT2D eigenvalue weighted by Crippen LogP contribution is 2.09. The number of carbonyl (C=O) groups excluding carboxylic acids is 4. The van der Waals surface area contributed by atoms with Gasteiger partial charge in [-0.2, -0.15) is 12.6 Å². The lowest BCUT2D eigenvalue weighted by molar-refractivity contribution is -0.150. The molecule has 0 heterocycles. The lowest BCUT2D eigenvalue weighted by atomic mass is 10.1. The molecule has 4 N–H and O–H groups in total. The van der Waals surface area contributed by atoms with Crippen LogP contribution in [0.4, 0.5) is 0 Å². The average Bonchev–Trinajstić information content (AvgIpc) is 2.58. The molecule has 0 aliphatic carbocycles. The Hall–Kier alpha value is -2.14. The van der Waals surface area contributed by atoms with E-state index in [2.05, 4.69) is 17.9 Å². The van der Waals surface area contributed by atoms with Gasteiger partial charge in [-0.15, -0.1) is 0 Å². The van der Waals surface area contributed by atoms with Crippen molar-refractivity contribution in [3.05, 3.63) is 0 Å². The zero-order valence-electron chi connectivity index (χ0n) is 14.8. The molecule has 0 aliphatic rings. The fraction of sp³-hybridized carbons (Fsp3) is 0.667. The van der Waals surface area contributed by atoms with Gasteiger partial charge in [-0.3, -0.25) is 28.9 Å². The Morgan fingerprint density at radius 3 is 2.35 bits per heavy atom. The quantitative estimate of drug-likeness (QED) is 0.256. The van der Waals surface area contributed by atoms with Crippen LogP contribution in [0, 0.1) is 0 Å². The van der Waals surface area contributed by atoms with Gasteiger partial charge >= 0.3 is 11.9 Å². The lowest BCUT2D eigenvalue weighted by Gasteiger charge is -2.27.